The SMILES string of the molecule is CCNCC(C)C(C)c1ccccc1C(F)(F)F. The van der Waals surface area contributed by atoms with Crippen molar-refractivity contribution in [3.8, 4) is 0 Å². The van der Waals surface area contributed by atoms with Gasteiger partial charge in [-0.15, -0.1) is 0 Å². The van der Waals surface area contributed by atoms with Crippen LogP contribution in [-0.4, -0.2) is 13.1 Å². The Morgan fingerprint density at radius 2 is 1.78 bits per heavy atom. The Bertz CT molecular complexity index is 374. The van der Waals surface area contributed by atoms with Gasteiger partial charge in [0.1, 0.15) is 0 Å². The van der Waals surface area contributed by atoms with Gasteiger partial charge in [0.15, 0.2) is 0 Å². The van der Waals surface area contributed by atoms with Crippen LogP contribution in [0.2, 0.25) is 0 Å². The zero-order chi connectivity index (χ0) is 13.8. The van der Waals surface area contributed by atoms with Crippen molar-refractivity contribution in [2.24, 2.45) is 5.92 Å². The Balaban J connectivity index is 2.95. The topological polar surface area (TPSA) is 12.0 Å². The smallest absolute Gasteiger partial charge is 0.317 e. The third kappa shape index (κ3) is 3.73. The van der Waals surface area contributed by atoms with Gasteiger partial charge < -0.3 is 5.32 Å². The molecule has 0 aliphatic heterocycles. The van der Waals surface area contributed by atoms with Gasteiger partial charge in [0.25, 0.3) is 0 Å². The van der Waals surface area contributed by atoms with Gasteiger partial charge in [0, 0.05) is 0 Å². The van der Waals surface area contributed by atoms with Crippen LogP contribution in [0.25, 0.3) is 0 Å². The van der Waals surface area contributed by atoms with Crippen molar-refractivity contribution in [1.82, 2.24) is 5.32 Å². The van der Waals surface area contributed by atoms with Gasteiger partial charge >= 0.3 is 6.18 Å². The van der Waals surface area contributed by atoms with Crippen LogP contribution in [0.5, 0.6) is 0 Å². The summed E-state index contributed by atoms with van der Waals surface area (Å²) in [5, 5.41) is 3.18. The lowest BCUT2D eigenvalue weighted by molar-refractivity contribution is -0.138. The van der Waals surface area contributed by atoms with Crippen LogP contribution >= 0.6 is 0 Å². The first-order valence-corrected chi connectivity index (χ1v) is 6.24. The predicted octanol–water partition coefficient (Wildman–Crippen LogP) is 4.05. The molecule has 1 rings (SSSR count). The van der Waals surface area contributed by atoms with Crippen LogP contribution in [0, 0.1) is 5.92 Å². The largest absolute Gasteiger partial charge is 0.416 e. The van der Waals surface area contributed by atoms with E-state index in [9.17, 15) is 13.2 Å². The minimum atomic E-state index is -4.28. The molecule has 0 saturated heterocycles. The maximum absolute atomic E-state index is 12.9. The fourth-order valence-electron chi connectivity index (χ4n) is 2.01. The van der Waals surface area contributed by atoms with Crippen molar-refractivity contribution in [2.45, 2.75) is 32.9 Å². The van der Waals surface area contributed by atoms with Gasteiger partial charge in [0.2, 0.25) is 0 Å². The van der Waals surface area contributed by atoms with E-state index in [-0.39, 0.29) is 11.8 Å². The molecule has 1 nitrogen and oxygen atoms in total. The van der Waals surface area contributed by atoms with Crippen LogP contribution in [0.15, 0.2) is 24.3 Å². The lowest BCUT2D eigenvalue weighted by atomic mass is 9.86. The summed E-state index contributed by atoms with van der Waals surface area (Å²) in [7, 11) is 0. The molecule has 0 saturated carbocycles. The fourth-order valence-corrected chi connectivity index (χ4v) is 2.01. The third-order valence-corrected chi connectivity index (χ3v) is 3.33. The zero-order valence-electron chi connectivity index (χ0n) is 11.0. The summed E-state index contributed by atoms with van der Waals surface area (Å²) < 4.78 is 38.7. The molecular formula is C14H20F3N. The first kappa shape index (κ1) is 15.0. The van der Waals surface area contributed by atoms with Crippen molar-refractivity contribution >= 4 is 0 Å². The van der Waals surface area contributed by atoms with Gasteiger partial charge in [-0.1, -0.05) is 39.0 Å². The summed E-state index contributed by atoms with van der Waals surface area (Å²) in [4.78, 5) is 0. The normalized spacial score (nSPS) is 15.4. The molecule has 0 aromatic heterocycles. The second kappa shape index (κ2) is 6.23. The van der Waals surface area contributed by atoms with E-state index in [2.05, 4.69) is 5.32 Å². The molecule has 1 aromatic rings. The van der Waals surface area contributed by atoms with E-state index in [4.69, 9.17) is 0 Å². The second-order valence-electron chi connectivity index (χ2n) is 4.66. The Labute approximate surface area is 106 Å². The maximum atomic E-state index is 12.9. The lowest BCUT2D eigenvalue weighted by Crippen LogP contribution is -2.25. The standard InChI is InChI=1S/C14H20F3N/c1-4-18-9-10(2)11(3)12-7-5-6-8-13(12)14(15,16)17/h5-8,10-11,18H,4,9H2,1-3H3. The summed E-state index contributed by atoms with van der Waals surface area (Å²) in [6.07, 6.45) is -4.28. The number of rotatable bonds is 5. The van der Waals surface area contributed by atoms with Gasteiger partial charge in [-0.05, 0) is 36.6 Å². The van der Waals surface area contributed by atoms with E-state index in [0.717, 1.165) is 19.2 Å². The number of nitrogens with one attached hydrogen (secondary N) is 1. The monoisotopic (exact) mass is 259 g/mol. The number of alkyl halides is 3. The molecule has 0 amide bonds. The number of hydrogen-bond acceptors (Lipinski definition) is 1. The van der Waals surface area contributed by atoms with Gasteiger partial charge in [0.05, 0.1) is 5.56 Å². The van der Waals surface area contributed by atoms with Crippen LogP contribution in [0.3, 0.4) is 0 Å². The number of benzene rings is 1. The van der Waals surface area contributed by atoms with E-state index in [0.29, 0.717) is 5.56 Å². The number of hydrogen-bond donors (Lipinski definition) is 1. The highest BCUT2D eigenvalue weighted by Crippen LogP contribution is 2.37. The van der Waals surface area contributed by atoms with E-state index >= 15 is 0 Å². The Morgan fingerprint density at radius 1 is 1.17 bits per heavy atom. The minimum absolute atomic E-state index is 0.123. The first-order valence-electron chi connectivity index (χ1n) is 6.24. The van der Waals surface area contributed by atoms with Gasteiger partial charge in [-0.2, -0.15) is 13.2 Å². The molecule has 2 unspecified atom stereocenters. The molecule has 0 spiro atoms. The minimum Gasteiger partial charge on any atom is -0.317 e. The molecule has 2 atom stereocenters. The first-order chi connectivity index (χ1) is 8.38. The van der Waals surface area contributed by atoms with Gasteiger partial charge in [-0.3, -0.25) is 0 Å². The van der Waals surface area contributed by atoms with Crippen molar-refractivity contribution in [1.29, 1.82) is 0 Å². The fraction of sp³-hybridized carbons (Fsp3) is 0.571. The van der Waals surface area contributed by atoms with Crippen molar-refractivity contribution in [3.05, 3.63) is 35.4 Å². The molecule has 0 heterocycles. The summed E-state index contributed by atoms with van der Waals surface area (Å²) in [5.41, 5.74) is -0.128. The summed E-state index contributed by atoms with van der Waals surface area (Å²) in [5.74, 6) is 0.0373. The van der Waals surface area contributed by atoms with Crippen molar-refractivity contribution < 1.29 is 13.2 Å². The molecule has 0 bridgehead atoms. The average molecular weight is 259 g/mol. The summed E-state index contributed by atoms with van der Waals surface area (Å²) >= 11 is 0. The second-order valence-corrected chi connectivity index (χ2v) is 4.66. The zero-order valence-corrected chi connectivity index (χ0v) is 11.0. The molecule has 0 aliphatic rings. The number of halogens is 3. The van der Waals surface area contributed by atoms with E-state index in [1.54, 1.807) is 12.1 Å². The lowest BCUT2D eigenvalue weighted by Gasteiger charge is -2.24. The van der Waals surface area contributed by atoms with E-state index in [1.807, 2.05) is 20.8 Å². The highest BCUT2D eigenvalue weighted by Gasteiger charge is 2.34. The molecule has 4 heteroatoms. The molecule has 0 aliphatic carbocycles. The third-order valence-electron chi connectivity index (χ3n) is 3.33. The molecule has 1 N–H and O–H groups in total. The molecule has 18 heavy (non-hydrogen) atoms. The average Bonchev–Trinajstić information content (AvgIpc) is 2.34. The van der Waals surface area contributed by atoms with Crippen molar-refractivity contribution in [3.63, 3.8) is 0 Å². The highest BCUT2D eigenvalue weighted by molar-refractivity contribution is 5.32. The van der Waals surface area contributed by atoms with Crippen LogP contribution < -0.4 is 5.32 Å². The predicted molar refractivity (Wildman–Crippen MR) is 67.6 cm³/mol. The van der Waals surface area contributed by atoms with Crippen LogP contribution in [0.4, 0.5) is 13.2 Å². The van der Waals surface area contributed by atoms with Crippen LogP contribution in [0.1, 0.15) is 37.8 Å². The van der Waals surface area contributed by atoms with E-state index in [1.165, 1.54) is 6.07 Å². The van der Waals surface area contributed by atoms with E-state index < -0.39 is 11.7 Å². The molecular weight excluding hydrogens is 239 g/mol. The Kier molecular flexibility index (Phi) is 5.20. The Hall–Kier alpha value is -1.03. The van der Waals surface area contributed by atoms with Crippen LogP contribution in [-0.2, 0) is 6.18 Å². The van der Waals surface area contributed by atoms with Gasteiger partial charge in [-0.25, -0.2) is 0 Å². The highest BCUT2D eigenvalue weighted by atomic mass is 19.4. The summed E-state index contributed by atoms with van der Waals surface area (Å²) in [6, 6.07) is 5.84. The van der Waals surface area contributed by atoms with Crippen molar-refractivity contribution in [2.75, 3.05) is 13.1 Å². The quantitative estimate of drug-likeness (QED) is 0.841. The molecule has 0 fully saturated rings. The molecule has 0 radical (unpaired) electrons. The molecule has 102 valence electrons. The Morgan fingerprint density at radius 3 is 2.33 bits per heavy atom. The molecule has 1 aromatic carbocycles. The maximum Gasteiger partial charge on any atom is 0.416 e. The summed E-state index contributed by atoms with van der Waals surface area (Å²) in [6.45, 7) is 7.37.